The highest BCUT2D eigenvalue weighted by Crippen LogP contribution is 2.27. The molecule has 0 bridgehead atoms. The summed E-state index contributed by atoms with van der Waals surface area (Å²) in [5, 5.41) is 14.6. The zero-order valence-corrected chi connectivity index (χ0v) is 12.5. The normalized spacial score (nSPS) is 19.5. The summed E-state index contributed by atoms with van der Waals surface area (Å²) >= 11 is 1.57. The summed E-state index contributed by atoms with van der Waals surface area (Å²) < 4.78 is 0. The van der Waals surface area contributed by atoms with Crippen LogP contribution in [0.1, 0.15) is 45.4 Å². The Morgan fingerprint density at radius 3 is 2.47 bits per heavy atom. The predicted molar refractivity (Wildman–Crippen MR) is 77.6 cm³/mol. The molecule has 5 nitrogen and oxygen atoms in total. The van der Waals surface area contributed by atoms with E-state index in [9.17, 15) is 9.59 Å². The summed E-state index contributed by atoms with van der Waals surface area (Å²) in [4.78, 5) is 23.0. The zero-order valence-electron chi connectivity index (χ0n) is 11.7. The van der Waals surface area contributed by atoms with Crippen molar-refractivity contribution in [3.8, 4) is 0 Å². The number of carboxylic acid groups (broad SMARTS) is 1. The van der Waals surface area contributed by atoms with Crippen LogP contribution < -0.4 is 10.6 Å². The Morgan fingerprint density at radius 1 is 1.32 bits per heavy atom. The maximum Gasteiger partial charge on any atom is 0.326 e. The summed E-state index contributed by atoms with van der Waals surface area (Å²) in [5.41, 5.74) is -0.190. The molecule has 2 amide bonds. The van der Waals surface area contributed by atoms with Gasteiger partial charge in [-0.15, -0.1) is 0 Å². The first kappa shape index (κ1) is 16.1. The first-order valence-electron chi connectivity index (χ1n) is 6.77. The van der Waals surface area contributed by atoms with E-state index in [-0.39, 0.29) is 11.6 Å². The first-order chi connectivity index (χ1) is 8.97. The van der Waals surface area contributed by atoms with Crippen molar-refractivity contribution in [3.05, 3.63) is 0 Å². The summed E-state index contributed by atoms with van der Waals surface area (Å²) in [6.07, 6.45) is 7.73. The van der Waals surface area contributed by atoms with Crippen LogP contribution in [0.3, 0.4) is 0 Å². The first-order valence-corrected chi connectivity index (χ1v) is 8.17. The van der Waals surface area contributed by atoms with Crippen LogP contribution in [0.4, 0.5) is 4.79 Å². The highest BCUT2D eigenvalue weighted by Gasteiger charge is 2.29. The Morgan fingerprint density at radius 2 is 1.95 bits per heavy atom. The summed E-state index contributed by atoms with van der Waals surface area (Å²) in [6.45, 7) is 2.03. The Kier molecular flexibility index (Phi) is 6.48. The van der Waals surface area contributed by atoms with Gasteiger partial charge < -0.3 is 15.7 Å². The summed E-state index contributed by atoms with van der Waals surface area (Å²) in [5.74, 6) is -0.257. The lowest BCUT2D eigenvalue weighted by Crippen LogP contribution is -2.54. The Balaban J connectivity index is 2.45. The standard InChI is InChI=1S/C13H24N2O3S/c1-13(7-4-3-5-8-13)15-12(18)14-10(11(16)17)6-9-19-2/h10H,3-9H2,1-2H3,(H,16,17)(H2,14,15,18). The number of carbonyl (C=O) groups excluding carboxylic acids is 1. The number of carbonyl (C=O) groups is 2. The molecule has 0 spiro atoms. The monoisotopic (exact) mass is 288 g/mol. The second-order valence-electron chi connectivity index (χ2n) is 5.39. The molecule has 0 saturated heterocycles. The van der Waals surface area contributed by atoms with Crippen LogP contribution in [0.15, 0.2) is 0 Å². The topological polar surface area (TPSA) is 78.4 Å². The van der Waals surface area contributed by atoms with Crippen LogP contribution in [0.25, 0.3) is 0 Å². The van der Waals surface area contributed by atoms with Crippen molar-refractivity contribution in [1.29, 1.82) is 0 Å². The molecule has 0 aromatic heterocycles. The molecule has 0 aliphatic heterocycles. The molecule has 1 saturated carbocycles. The highest BCUT2D eigenvalue weighted by molar-refractivity contribution is 7.98. The molecule has 1 fully saturated rings. The Bertz CT molecular complexity index is 317. The van der Waals surface area contributed by atoms with E-state index >= 15 is 0 Å². The molecule has 0 aromatic rings. The summed E-state index contributed by atoms with van der Waals surface area (Å²) in [6, 6.07) is -1.17. The lowest BCUT2D eigenvalue weighted by atomic mass is 9.83. The third kappa shape index (κ3) is 5.72. The maximum atomic E-state index is 11.9. The molecular formula is C13H24N2O3S. The van der Waals surface area contributed by atoms with Gasteiger partial charge in [0.15, 0.2) is 0 Å². The number of rotatable bonds is 6. The third-order valence-electron chi connectivity index (χ3n) is 3.59. The fourth-order valence-corrected chi connectivity index (χ4v) is 2.89. The van der Waals surface area contributed by atoms with Gasteiger partial charge in [0, 0.05) is 5.54 Å². The molecule has 19 heavy (non-hydrogen) atoms. The number of carboxylic acids is 1. The van der Waals surface area contributed by atoms with E-state index in [1.165, 1.54) is 6.42 Å². The van der Waals surface area contributed by atoms with Gasteiger partial charge >= 0.3 is 12.0 Å². The highest BCUT2D eigenvalue weighted by atomic mass is 32.2. The molecule has 0 aromatic carbocycles. The third-order valence-corrected chi connectivity index (χ3v) is 4.23. The van der Waals surface area contributed by atoms with Gasteiger partial charge in [0.25, 0.3) is 0 Å². The van der Waals surface area contributed by atoms with E-state index in [0.717, 1.165) is 25.7 Å². The van der Waals surface area contributed by atoms with E-state index in [4.69, 9.17) is 5.11 Å². The molecule has 6 heteroatoms. The number of nitrogens with one attached hydrogen (secondary N) is 2. The fraction of sp³-hybridized carbons (Fsp3) is 0.846. The quantitative estimate of drug-likeness (QED) is 0.700. The van der Waals surface area contributed by atoms with Crippen molar-refractivity contribution in [1.82, 2.24) is 10.6 Å². The average Bonchev–Trinajstić information content (AvgIpc) is 2.34. The molecule has 3 N–H and O–H groups in total. The number of hydrogen-bond donors (Lipinski definition) is 3. The second-order valence-corrected chi connectivity index (χ2v) is 6.38. The lowest BCUT2D eigenvalue weighted by Gasteiger charge is -2.34. The van der Waals surface area contributed by atoms with Crippen LogP contribution in [0.2, 0.25) is 0 Å². The van der Waals surface area contributed by atoms with Gasteiger partial charge in [-0.3, -0.25) is 0 Å². The molecule has 1 atom stereocenters. The van der Waals surface area contributed by atoms with Crippen LogP contribution in [0.5, 0.6) is 0 Å². The smallest absolute Gasteiger partial charge is 0.326 e. The molecule has 1 unspecified atom stereocenters. The van der Waals surface area contributed by atoms with Gasteiger partial charge in [0.05, 0.1) is 0 Å². The van der Waals surface area contributed by atoms with E-state index < -0.39 is 12.0 Å². The SMILES string of the molecule is CSCCC(NC(=O)NC1(C)CCCCC1)C(=O)O. The van der Waals surface area contributed by atoms with Crippen LogP contribution >= 0.6 is 11.8 Å². The summed E-state index contributed by atoms with van der Waals surface area (Å²) in [7, 11) is 0. The van der Waals surface area contributed by atoms with Gasteiger partial charge in [-0.05, 0) is 38.2 Å². The molecule has 1 aliphatic rings. The van der Waals surface area contributed by atoms with Crippen molar-refractivity contribution in [2.24, 2.45) is 0 Å². The largest absolute Gasteiger partial charge is 0.480 e. The van der Waals surface area contributed by atoms with Crippen molar-refractivity contribution < 1.29 is 14.7 Å². The lowest BCUT2D eigenvalue weighted by molar-refractivity contribution is -0.139. The molecule has 0 heterocycles. The van der Waals surface area contributed by atoms with Gasteiger partial charge in [-0.2, -0.15) is 11.8 Å². The van der Waals surface area contributed by atoms with Gasteiger partial charge in [0.1, 0.15) is 6.04 Å². The minimum absolute atomic E-state index is 0.190. The van der Waals surface area contributed by atoms with Gasteiger partial charge in [-0.1, -0.05) is 19.3 Å². The Hall–Kier alpha value is -0.910. The van der Waals surface area contributed by atoms with Crippen molar-refractivity contribution in [3.63, 3.8) is 0 Å². The molecule has 0 radical (unpaired) electrons. The number of urea groups is 1. The minimum atomic E-state index is -0.974. The fourth-order valence-electron chi connectivity index (χ4n) is 2.42. The van der Waals surface area contributed by atoms with E-state index in [1.807, 2.05) is 13.2 Å². The van der Waals surface area contributed by atoms with Crippen LogP contribution in [-0.2, 0) is 4.79 Å². The number of aliphatic carboxylic acids is 1. The average molecular weight is 288 g/mol. The molecule has 110 valence electrons. The van der Waals surface area contributed by atoms with E-state index in [1.54, 1.807) is 11.8 Å². The number of thioether (sulfide) groups is 1. The second kappa shape index (κ2) is 7.62. The zero-order chi connectivity index (χ0) is 14.3. The maximum absolute atomic E-state index is 11.9. The minimum Gasteiger partial charge on any atom is -0.480 e. The van der Waals surface area contributed by atoms with Crippen molar-refractivity contribution in [2.45, 2.75) is 57.0 Å². The van der Waals surface area contributed by atoms with Crippen molar-refractivity contribution in [2.75, 3.05) is 12.0 Å². The molecular weight excluding hydrogens is 264 g/mol. The van der Waals surface area contributed by atoms with E-state index in [0.29, 0.717) is 12.2 Å². The van der Waals surface area contributed by atoms with Crippen LogP contribution in [0, 0.1) is 0 Å². The number of amides is 2. The molecule has 1 aliphatic carbocycles. The number of hydrogen-bond acceptors (Lipinski definition) is 3. The van der Waals surface area contributed by atoms with E-state index in [2.05, 4.69) is 10.6 Å². The van der Waals surface area contributed by atoms with Crippen molar-refractivity contribution >= 4 is 23.8 Å². The van der Waals surface area contributed by atoms with Gasteiger partial charge in [0.2, 0.25) is 0 Å². The Labute approximate surface area is 118 Å². The molecule has 1 rings (SSSR count). The van der Waals surface area contributed by atoms with Gasteiger partial charge in [-0.25, -0.2) is 9.59 Å². The predicted octanol–water partition coefficient (Wildman–Crippen LogP) is 2.21. The van der Waals surface area contributed by atoms with Crippen LogP contribution in [-0.4, -0.2) is 40.7 Å².